The fourth-order valence-corrected chi connectivity index (χ4v) is 2.46. The Bertz CT molecular complexity index is 784. The molecular weight excluding hydrogens is 348 g/mol. The molecule has 1 aromatic heterocycles. The van der Waals surface area contributed by atoms with Crippen molar-refractivity contribution in [2.75, 3.05) is 19.0 Å². The normalized spacial score (nSPS) is 9.96. The maximum absolute atomic E-state index is 11.8. The quantitative estimate of drug-likeness (QED) is 0.586. The monoisotopic (exact) mass is 362 g/mol. The van der Waals surface area contributed by atoms with Gasteiger partial charge in [0.1, 0.15) is 6.29 Å². The van der Waals surface area contributed by atoms with Crippen LogP contribution in [0.3, 0.4) is 0 Å². The van der Waals surface area contributed by atoms with Crippen LogP contribution in [-0.4, -0.2) is 42.8 Å². The van der Waals surface area contributed by atoms with E-state index < -0.39 is 24.5 Å². The second-order valence-electron chi connectivity index (χ2n) is 4.76. The lowest BCUT2D eigenvalue weighted by molar-refractivity contribution is -0.139. The third-order valence-electron chi connectivity index (χ3n) is 2.97. The molecule has 0 saturated carbocycles. The molecule has 0 bridgehead atoms. The van der Waals surface area contributed by atoms with Crippen molar-refractivity contribution in [2.24, 2.45) is 0 Å². The predicted octanol–water partition coefficient (Wildman–Crippen LogP) is 1.47. The van der Waals surface area contributed by atoms with E-state index in [1.54, 1.807) is 5.38 Å². The lowest BCUT2D eigenvalue weighted by Crippen LogP contribution is -2.21. The summed E-state index contributed by atoms with van der Waals surface area (Å²) in [5, 5.41) is 4.38. The molecule has 0 unspecified atom stereocenters. The number of hydrogen-bond donors (Lipinski definition) is 1. The van der Waals surface area contributed by atoms with Gasteiger partial charge in [0.2, 0.25) is 0 Å². The number of anilines is 1. The van der Waals surface area contributed by atoms with E-state index in [9.17, 15) is 19.2 Å². The number of carbonyl (C=O) groups excluding carboxylic acids is 4. The summed E-state index contributed by atoms with van der Waals surface area (Å²) in [6.07, 6.45) is 0.666. The summed E-state index contributed by atoms with van der Waals surface area (Å²) in [6.45, 7) is -0.486. The number of ether oxygens (including phenoxy) is 2. The zero-order chi connectivity index (χ0) is 18.2. The maximum Gasteiger partial charge on any atom is 0.338 e. The zero-order valence-electron chi connectivity index (χ0n) is 13.2. The highest BCUT2D eigenvalue weighted by Crippen LogP contribution is 2.16. The van der Waals surface area contributed by atoms with E-state index in [1.807, 2.05) is 0 Å². The summed E-state index contributed by atoms with van der Waals surface area (Å²) in [4.78, 5) is 49.3. The second kappa shape index (κ2) is 8.69. The van der Waals surface area contributed by atoms with Crippen LogP contribution < -0.4 is 5.32 Å². The Balaban J connectivity index is 1.82. The number of carbonyl (C=O) groups is 4. The van der Waals surface area contributed by atoms with Crippen molar-refractivity contribution in [1.29, 1.82) is 0 Å². The van der Waals surface area contributed by atoms with E-state index in [4.69, 9.17) is 4.74 Å². The molecule has 8 nitrogen and oxygen atoms in total. The molecule has 9 heteroatoms. The average Bonchev–Trinajstić information content (AvgIpc) is 3.06. The lowest BCUT2D eigenvalue weighted by Gasteiger charge is -2.04. The van der Waals surface area contributed by atoms with Gasteiger partial charge in [0, 0.05) is 10.9 Å². The van der Waals surface area contributed by atoms with Crippen LogP contribution in [0.15, 0.2) is 29.6 Å². The third-order valence-corrected chi connectivity index (χ3v) is 3.77. The standard InChI is InChI=1S/C16H14N2O6S/c1-23-14(21)6-12-9-25-16(17-12)18-13(20)8-24-15(22)11-4-2-10(7-19)3-5-11/h2-5,7,9H,6,8H2,1H3,(H,17,18,20). The fourth-order valence-electron chi connectivity index (χ4n) is 1.73. The molecule has 0 atom stereocenters. The number of aldehydes is 1. The molecule has 1 heterocycles. The van der Waals surface area contributed by atoms with Gasteiger partial charge in [0.15, 0.2) is 11.7 Å². The molecule has 0 radical (unpaired) electrons. The van der Waals surface area contributed by atoms with Crippen LogP contribution in [-0.2, 0) is 25.5 Å². The van der Waals surface area contributed by atoms with Crippen molar-refractivity contribution in [1.82, 2.24) is 4.98 Å². The maximum atomic E-state index is 11.8. The largest absolute Gasteiger partial charge is 0.469 e. The average molecular weight is 362 g/mol. The van der Waals surface area contributed by atoms with Crippen LogP contribution >= 0.6 is 11.3 Å². The number of rotatable bonds is 7. The topological polar surface area (TPSA) is 112 Å². The van der Waals surface area contributed by atoms with Crippen molar-refractivity contribution < 1.29 is 28.7 Å². The summed E-state index contributed by atoms with van der Waals surface area (Å²) >= 11 is 1.14. The van der Waals surface area contributed by atoms with Gasteiger partial charge in [-0.3, -0.25) is 19.7 Å². The molecule has 2 aromatic rings. The number of amides is 1. The Labute approximate surface area is 146 Å². The minimum absolute atomic E-state index is 0.00857. The SMILES string of the molecule is COC(=O)Cc1csc(NC(=O)COC(=O)c2ccc(C=O)cc2)n1. The molecule has 2 rings (SSSR count). The number of aromatic nitrogens is 1. The molecule has 130 valence electrons. The van der Waals surface area contributed by atoms with Gasteiger partial charge in [0.05, 0.1) is 24.8 Å². The number of nitrogens with zero attached hydrogens (tertiary/aromatic N) is 1. The molecule has 25 heavy (non-hydrogen) atoms. The number of thiazole rings is 1. The highest BCUT2D eigenvalue weighted by atomic mass is 32.1. The van der Waals surface area contributed by atoms with Crippen molar-refractivity contribution in [2.45, 2.75) is 6.42 Å². The van der Waals surface area contributed by atoms with Crippen LogP contribution in [0.5, 0.6) is 0 Å². The Kier molecular flexibility index (Phi) is 6.35. The molecule has 0 aliphatic rings. The van der Waals surface area contributed by atoms with Crippen LogP contribution in [0, 0.1) is 0 Å². The number of nitrogens with one attached hydrogen (secondary N) is 1. The Morgan fingerprint density at radius 2 is 1.96 bits per heavy atom. The van der Waals surface area contributed by atoms with E-state index in [0.29, 0.717) is 17.5 Å². The molecule has 1 aromatic carbocycles. The smallest absolute Gasteiger partial charge is 0.338 e. The predicted molar refractivity (Wildman–Crippen MR) is 88.6 cm³/mol. The van der Waals surface area contributed by atoms with Gasteiger partial charge in [-0.15, -0.1) is 11.3 Å². The minimum atomic E-state index is -0.682. The van der Waals surface area contributed by atoms with Crippen LogP contribution in [0.2, 0.25) is 0 Å². The molecule has 0 fully saturated rings. The first-order valence-electron chi connectivity index (χ1n) is 7.05. The highest BCUT2D eigenvalue weighted by Gasteiger charge is 2.13. The Morgan fingerprint density at radius 3 is 2.60 bits per heavy atom. The number of esters is 2. The van der Waals surface area contributed by atoms with Gasteiger partial charge in [-0.2, -0.15) is 0 Å². The third kappa shape index (κ3) is 5.50. The highest BCUT2D eigenvalue weighted by molar-refractivity contribution is 7.13. The lowest BCUT2D eigenvalue weighted by atomic mass is 10.1. The van der Waals surface area contributed by atoms with E-state index in [1.165, 1.54) is 31.4 Å². The van der Waals surface area contributed by atoms with E-state index in [-0.39, 0.29) is 17.1 Å². The van der Waals surface area contributed by atoms with Gasteiger partial charge in [0.25, 0.3) is 5.91 Å². The molecule has 0 saturated heterocycles. The summed E-state index contributed by atoms with van der Waals surface area (Å²) in [7, 11) is 1.28. The van der Waals surface area contributed by atoms with Crippen LogP contribution in [0.1, 0.15) is 26.4 Å². The number of methoxy groups -OCH3 is 1. The molecule has 0 aliphatic carbocycles. The van der Waals surface area contributed by atoms with Gasteiger partial charge in [-0.25, -0.2) is 9.78 Å². The van der Waals surface area contributed by atoms with Gasteiger partial charge < -0.3 is 9.47 Å². The Morgan fingerprint density at radius 1 is 1.24 bits per heavy atom. The van der Waals surface area contributed by atoms with Crippen molar-refractivity contribution in [3.05, 3.63) is 46.5 Å². The van der Waals surface area contributed by atoms with Gasteiger partial charge >= 0.3 is 11.9 Å². The van der Waals surface area contributed by atoms with Crippen molar-refractivity contribution in [3.8, 4) is 0 Å². The van der Waals surface area contributed by atoms with E-state index >= 15 is 0 Å². The van der Waals surface area contributed by atoms with Crippen LogP contribution in [0.4, 0.5) is 5.13 Å². The van der Waals surface area contributed by atoms with Gasteiger partial charge in [-0.05, 0) is 12.1 Å². The van der Waals surface area contributed by atoms with Crippen LogP contribution in [0.25, 0.3) is 0 Å². The minimum Gasteiger partial charge on any atom is -0.469 e. The first-order chi connectivity index (χ1) is 12.0. The van der Waals surface area contributed by atoms with Crippen molar-refractivity contribution >= 4 is 40.6 Å². The summed E-state index contributed by atoms with van der Waals surface area (Å²) in [6, 6.07) is 5.82. The Hall–Kier alpha value is -3.07. The summed E-state index contributed by atoms with van der Waals surface area (Å²) < 4.78 is 9.42. The molecular formula is C16H14N2O6S. The molecule has 0 aliphatic heterocycles. The fraction of sp³-hybridized carbons (Fsp3) is 0.188. The summed E-state index contributed by atoms with van der Waals surface area (Å²) in [5.41, 5.74) is 1.13. The molecule has 0 spiro atoms. The van der Waals surface area contributed by atoms with E-state index in [2.05, 4.69) is 15.0 Å². The van der Waals surface area contributed by atoms with Gasteiger partial charge in [-0.1, -0.05) is 12.1 Å². The zero-order valence-corrected chi connectivity index (χ0v) is 14.0. The molecule has 1 N–H and O–H groups in total. The van der Waals surface area contributed by atoms with Crippen molar-refractivity contribution in [3.63, 3.8) is 0 Å². The first-order valence-corrected chi connectivity index (χ1v) is 7.93. The number of benzene rings is 1. The summed E-state index contributed by atoms with van der Waals surface area (Å²) in [5.74, 6) is -1.67. The number of hydrogen-bond acceptors (Lipinski definition) is 8. The first kappa shape index (κ1) is 18.3. The van der Waals surface area contributed by atoms with E-state index in [0.717, 1.165) is 11.3 Å². The molecule has 1 amide bonds. The second-order valence-corrected chi connectivity index (χ2v) is 5.62.